The van der Waals surface area contributed by atoms with Gasteiger partial charge >= 0.3 is 0 Å². The van der Waals surface area contributed by atoms with E-state index in [0.717, 1.165) is 0 Å². The Balaban J connectivity index is 1.79. The lowest BCUT2D eigenvalue weighted by atomic mass is 10.0. The third-order valence-electron chi connectivity index (χ3n) is 5.35. The van der Waals surface area contributed by atoms with E-state index in [0.29, 0.717) is 34.4 Å². The zero-order valence-corrected chi connectivity index (χ0v) is 21.3. The van der Waals surface area contributed by atoms with Crippen molar-refractivity contribution in [2.24, 2.45) is 10.2 Å². The van der Waals surface area contributed by atoms with Crippen molar-refractivity contribution in [3.8, 4) is 11.5 Å². The molecule has 0 bridgehead atoms. The molecule has 0 aromatic heterocycles. The number of amides is 1. The number of azo groups is 1. The molecule has 0 saturated heterocycles. The van der Waals surface area contributed by atoms with Gasteiger partial charge in [-0.3, -0.25) is 9.35 Å². The molecule has 0 unspecified atom stereocenters. The Hall–Kier alpha value is -3.99. The highest BCUT2D eigenvalue weighted by Gasteiger charge is 2.22. The minimum Gasteiger partial charge on any atom is -0.505 e. The topological polar surface area (TPSA) is 138 Å². The fraction of sp³-hybridized carbons (Fsp3) is 0.115. The Morgan fingerprint density at radius 1 is 1.05 bits per heavy atom. The molecule has 3 N–H and O–H groups in total. The highest BCUT2D eigenvalue weighted by atomic mass is 35.5. The second kappa shape index (κ2) is 10.6. The molecule has 0 spiro atoms. The van der Waals surface area contributed by atoms with Crippen LogP contribution in [0.2, 0.25) is 5.02 Å². The quantitative estimate of drug-likeness (QED) is 0.174. The number of hydrogen-bond acceptors (Lipinski definition) is 7. The number of aromatic hydroxyl groups is 1. The van der Waals surface area contributed by atoms with Gasteiger partial charge in [0, 0.05) is 11.1 Å². The van der Waals surface area contributed by atoms with E-state index in [-0.39, 0.29) is 22.0 Å². The molecule has 4 aromatic rings. The zero-order chi connectivity index (χ0) is 26.7. The van der Waals surface area contributed by atoms with Crippen LogP contribution in [0.15, 0.2) is 81.9 Å². The highest BCUT2D eigenvalue weighted by molar-refractivity contribution is 7.86. The molecule has 0 aliphatic heterocycles. The van der Waals surface area contributed by atoms with E-state index in [4.69, 9.17) is 16.3 Å². The lowest BCUT2D eigenvalue weighted by Gasteiger charge is -2.12. The summed E-state index contributed by atoms with van der Waals surface area (Å²) in [5.41, 5.74) is 0.702. The molecule has 0 heterocycles. The number of nitrogens with zero attached hydrogens (tertiary/aromatic N) is 2. The molecule has 4 aromatic carbocycles. The number of benzene rings is 4. The average Bonchev–Trinajstić information content (AvgIpc) is 2.83. The van der Waals surface area contributed by atoms with E-state index in [1.54, 1.807) is 55.5 Å². The first kappa shape index (κ1) is 26.1. The lowest BCUT2D eigenvalue weighted by Crippen LogP contribution is -2.12. The molecule has 0 atom stereocenters. The first-order chi connectivity index (χ1) is 17.6. The van der Waals surface area contributed by atoms with Crippen molar-refractivity contribution >= 4 is 55.5 Å². The van der Waals surface area contributed by atoms with Gasteiger partial charge in [0.15, 0.2) is 5.75 Å². The number of ether oxygens (including phenoxy) is 1. The predicted octanol–water partition coefficient (Wildman–Crippen LogP) is 6.82. The molecule has 190 valence electrons. The summed E-state index contributed by atoms with van der Waals surface area (Å²) in [7, 11) is -4.72. The summed E-state index contributed by atoms with van der Waals surface area (Å²) in [4.78, 5) is 12.5. The zero-order valence-electron chi connectivity index (χ0n) is 19.8. The van der Waals surface area contributed by atoms with E-state index in [9.17, 15) is 22.9 Å². The van der Waals surface area contributed by atoms with Gasteiger partial charge in [0.1, 0.15) is 22.0 Å². The van der Waals surface area contributed by atoms with Crippen molar-refractivity contribution < 1.29 is 27.6 Å². The monoisotopic (exact) mass is 539 g/mol. The fourth-order valence-electron chi connectivity index (χ4n) is 3.74. The Morgan fingerprint density at radius 2 is 1.76 bits per heavy atom. The maximum atomic E-state index is 13.1. The number of nitrogens with one attached hydrogen (secondary N) is 1. The van der Waals surface area contributed by atoms with Crippen LogP contribution < -0.4 is 10.1 Å². The van der Waals surface area contributed by atoms with Crippen LogP contribution in [0.1, 0.15) is 22.8 Å². The maximum Gasteiger partial charge on any atom is 0.298 e. The van der Waals surface area contributed by atoms with Crippen molar-refractivity contribution in [1.82, 2.24) is 0 Å². The largest absolute Gasteiger partial charge is 0.505 e. The van der Waals surface area contributed by atoms with Crippen LogP contribution in [-0.4, -0.2) is 30.6 Å². The highest BCUT2D eigenvalue weighted by Crippen LogP contribution is 2.41. The predicted molar refractivity (Wildman–Crippen MR) is 141 cm³/mol. The molecule has 0 aliphatic carbocycles. The molecule has 0 aliphatic rings. The van der Waals surface area contributed by atoms with Crippen LogP contribution in [0, 0.1) is 6.92 Å². The summed E-state index contributed by atoms with van der Waals surface area (Å²) < 4.78 is 38.9. The number of aryl methyl sites for hydroxylation is 1. The minimum atomic E-state index is -4.72. The Kier molecular flexibility index (Phi) is 7.44. The van der Waals surface area contributed by atoms with Gasteiger partial charge in [0.25, 0.3) is 16.0 Å². The molecule has 37 heavy (non-hydrogen) atoms. The van der Waals surface area contributed by atoms with Crippen LogP contribution in [0.5, 0.6) is 11.5 Å². The van der Waals surface area contributed by atoms with Gasteiger partial charge in [-0.25, -0.2) is 0 Å². The number of anilines is 1. The molecule has 1 amide bonds. The SMILES string of the molecule is CCOc1ccc(NC(=O)c2cc3ccccc3c(N=Nc3cc(C)cc(Cl)c3S(=O)(=O)O)c2O)cc1. The molecule has 11 heteroatoms. The van der Waals surface area contributed by atoms with E-state index >= 15 is 0 Å². The summed E-state index contributed by atoms with van der Waals surface area (Å²) in [6.07, 6.45) is 0. The number of phenolic OH excluding ortho intramolecular Hbond substituents is 1. The van der Waals surface area contributed by atoms with Crippen LogP contribution in [0.4, 0.5) is 17.1 Å². The summed E-state index contributed by atoms with van der Waals surface area (Å²) in [6.45, 7) is 4.04. The van der Waals surface area contributed by atoms with Gasteiger partial charge in [-0.05, 0) is 67.3 Å². The number of hydrogen-bond donors (Lipinski definition) is 3. The Labute approximate surface area is 218 Å². The average molecular weight is 540 g/mol. The molecular formula is C26H22ClN3O6S. The first-order valence-corrected chi connectivity index (χ1v) is 12.9. The van der Waals surface area contributed by atoms with Gasteiger partial charge < -0.3 is 15.2 Å². The van der Waals surface area contributed by atoms with Gasteiger partial charge in [-0.2, -0.15) is 8.42 Å². The number of fused-ring (bicyclic) bond motifs is 1. The van der Waals surface area contributed by atoms with Crippen LogP contribution in [0.3, 0.4) is 0 Å². The van der Waals surface area contributed by atoms with Crippen molar-refractivity contribution in [1.29, 1.82) is 0 Å². The number of phenols is 1. The summed E-state index contributed by atoms with van der Waals surface area (Å²) in [5.74, 6) is -0.406. The molecule has 9 nitrogen and oxygen atoms in total. The van der Waals surface area contributed by atoms with Crippen molar-refractivity contribution in [3.05, 3.63) is 82.9 Å². The normalized spacial score (nSPS) is 11.7. The van der Waals surface area contributed by atoms with E-state index in [1.165, 1.54) is 18.2 Å². The Morgan fingerprint density at radius 3 is 2.43 bits per heavy atom. The van der Waals surface area contributed by atoms with Crippen molar-refractivity contribution in [3.63, 3.8) is 0 Å². The second-order valence-corrected chi connectivity index (χ2v) is 9.79. The van der Waals surface area contributed by atoms with E-state index in [2.05, 4.69) is 15.5 Å². The van der Waals surface area contributed by atoms with Crippen LogP contribution in [-0.2, 0) is 10.1 Å². The van der Waals surface area contributed by atoms with E-state index < -0.39 is 26.7 Å². The number of carbonyl (C=O) groups is 1. The van der Waals surface area contributed by atoms with E-state index in [1.807, 2.05) is 6.92 Å². The van der Waals surface area contributed by atoms with Gasteiger partial charge in [0.05, 0.1) is 17.2 Å². The number of rotatable bonds is 7. The van der Waals surface area contributed by atoms with Crippen molar-refractivity contribution in [2.45, 2.75) is 18.7 Å². The standard InChI is InChI=1S/C26H22ClN3O6S/c1-3-36-18-10-8-17(9-11-18)28-26(32)20-14-16-6-4-5-7-19(16)23(24(20)31)30-29-22-13-15(2)12-21(27)25(22)37(33,34)35/h4-14,31H,3H2,1-2H3,(H,28,32)(H,33,34,35). The maximum absolute atomic E-state index is 13.1. The second-order valence-electron chi connectivity index (χ2n) is 8.02. The third kappa shape index (κ3) is 5.72. The molecule has 0 radical (unpaired) electrons. The Bertz CT molecular complexity index is 1640. The molecule has 0 fully saturated rings. The summed E-state index contributed by atoms with van der Waals surface area (Å²) in [6, 6.07) is 17.9. The minimum absolute atomic E-state index is 0.0612. The molecule has 4 rings (SSSR count). The summed E-state index contributed by atoms with van der Waals surface area (Å²) >= 11 is 6.05. The molecule has 0 saturated carbocycles. The van der Waals surface area contributed by atoms with Crippen molar-refractivity contribution in [2.75, 3.05) is 11.9 Å². The van der Waals surface area contributed by atoms with Gasteiger partial charge in [0.2, 0.25) is 0 Å². The summed E-state index contributed by atoms with van der Waals surface area (Å²) in [5, 5.41) is 22.7. The lowest BCUT2D eigenvalue weighted by molar-refractivity contribution is 0.102. The smallest absolute Gasteiger partial charge is 0.298 e. The number of halogens is 1. The van der Waals surface area contributed by atoms with Gasteiger partial charge in [-0.1, -0.05) is 35.9 Å². The molecular weight excluding hydrogens is 518 g/mol. The van der Waals surface area contributed by atoms with Crippen LogP contribution >= 0.6 is 11.6 Å². The third-order valence-corrected chi connectivity index (χ3v) is 6.70. The fourth-order valence-corrected chi connectivity index (χ4v) is 4.97. The van der Waals surface area contributed by atoms with Crippen LogP contribution in [0.25, 0.3) is 10.8 Å². The first-order valence-electron chi connectivity index (χ1n) is 11.1. The van der Waals surface area contributed by atoms with Gasteiger partial charge in [-0.15, -0.1) is 10.2 Å². The number of carbonyl (C=O) groups excluding carboxylic acids is 1.